The van der Waals surface area contributed by atoms with Crippen LogP contribution in [0, 0.1) is 11.3 Å². The summed E-state index contributed by atoms with van der Waals surface area (Å²) in [6, 6.07) is 12.6. The highest BCUT2D eigenvalue weighted by Crippen LogP contribution is 2.32. The van der Waals surface area contributed by atoms with Crippen molar-refractivity contribution in [2.24, 2.45) is 0 Å². The summed E-state index contributed by atoms with van der Waals surface area (Å²) < 4.78 is 21.1. The smallest absolute Gasteiger partial charge is 0.244 e. The molecule has 0 aromatic heterocycles. The molecule has 2 aromatic rings. The van der Waals surface area contributed by atoms with Crippen molar-refractivity contribution in [1.29, 1.82) is 5.26 Å². The molecule has 2 aromatic carbocycles. The number of nitriles is 1. The van der Waals surface area contributed by atoms with E-state index in [9.17, 15) is 4.79 Å². The van der Waals surface area contributed by atoms with Gasteiger partial charge in [0.15, 0.2) is 29.6 Å². The van der Waals surface area contributed by atoms with Gasteiger partial charge >= 0.3 is 0 Å². The predicted octanol–water partition coefficient (Wildman–Crippen LogP) is 2.66. The average Bonchev–Trinajstić information content (AvgIpc) is 3.17. The molecule has 0 saturated carbocycles. The van der Waals surface area contributed by atoms with Crippen LogP contribution in [-0.2, 0) is 11.3 Å². The lowest BCUT2D eigenvalue weighted by molar-refractivity contribution is -0.116. The Morgan fingerprint density at radius 3 is 2.89 bits per heavy atom. The van der Waals surface area contributed by atoms with Gasteiger partial charge in [-0.15, -0.1) is 0 Å². The lowest BCUT2D eigenvalue weighted by Crippen LogP contribution is -2.20. The maximum absolute atomic E-state index is 12.0. The van der Waals surface area contributed by atoms with Gasteiger partial charge in [-0.25, -0.2) is 0 Å². The van der Waals surface area contributed by atoms with E-state index in [1.54, 1.807) is 24.3 Å². The van der Waals surface area contributed by atoms with Gasteiger partial charge in [-0.2, -0.15) is 5.26 Å². The van der Waals surface area contributed by atoms with E-state index in [1.807, 2.05) is 24.3 Å². The SMILES string of the molecule is COc1cc(/C=C/C(=O)NCc2ccc3c(c2)OCO3)ccc1OCC#N. The first-order valence-corrected chi connectivity index (χ1v) is 8.22. The number of methoxy groups -OCH3 is 1. The van der Waals surface area contributed by atoms with Crippen LogP contribution >= 0.6 is 0 Å². The third-order valence-corrected chi connectivity index (χ3v) is 3.81. The van der Waals surface area contributed by atoms with Crippen LogP contribution in [0.4, 0.5) is 0 Å². The van der Waals surface area contributed by atoms with E-state index >= 15 is 0 Å². The topological polar surface area (TPSA) is 89.8 Å². The fraction of sp³-hybridized carbons (Fsp3) is 0.200. The van der Waals surface area contributed by atoms with Crippen molar-refractivity contribution >= 4 is 12.0 Å². The molecule has 1 heterocycles. The second-order valence-corrected chi connectivity index (χ2v) is 5.60. The molecule has 7 heteroatoms. The van der Waals surface area contributed by atoms with E-state index < -0.39 is 0 Å². The van der Waals surface area contributed by atoms with Gasteiger partial charge in [0, 0.05) is 12.6 Å². The van der Waals surface area contributed by atoms with E-state index in [1.165, 1.54) is 13.2 Å². The van der Waals surface area contributed by atoms with Crippen molar-refractivity contribution in [3.8, 4) is 29.1 Å². The molecule has 0 aliphatic carbocycles. The van der Waals surface area contributed by atoms with Crippen LogP contribution in [0.25, 0.3) is 6.08 Å². The highest BCUT2D eigenvalue weighted by atomic mass is 16.7. The van der Waals surface area contributed by atoms with Crippen LogP contribution in [0.15, 0.2) is 42.5 Å². The summed E-state index contributed by atoms with van der Waals surface area (Å²) >= 11 is 0. The second-order valence-electron chi connectivity index (χ2n) is 5.60. The molecule has 0 spiro atoms. The fourth-order valence-corrected chi connectivity index (χ4v) is 2.49. The zero-order valence-corrected chi connectivity index (χ0v) is 14.7. The minimum absolute atomic E-state index is 0.0617. The predicted molar refractivity (Wildman–Crippen MR) is 97.5 cm³/mol. The first-order valence-electron chi connectivity index (χ1n) is 8.22. The first-order chi connectivity index (χ1) is 13.2. The van der Waals surface area contributed by atoms with Gasteiger partial charge in [0.2, 0.25) is 12.7 Å². The number of carbonyl (C=O) groups excluding carboxylic acids is 1. The quantitative estimate of drug-likeness (QED) is 0.758. The van der Waals surface area contributed by atoms with Gasteiger partial charge in [-0.05, 0) is 41.5 Å². The van der Waals surface area contributed by atoms with Gasteiger partial charge in [0.25, 0.3) is 0 Å². The maximum atomic E-state index is 12.0. The van der Waals surface area contributed by atoms with E-state index in [-0.39, 0.29) is 19.3 Å². The van der Waals surface area contributed by atoms with Crippen molar-refractivity contribution in [3.63, 3.8) is 0 Å². The highest BCUT2D eigenvalue weighted by Gasteiger charge is 2.13. The van der Waals surface area contributed by atoms with Crippen LogP contribution in [0.1, 0.15) is 11.1 Å². The molecule has 27 heavy (non-hydrogen) atoms. The monoisotopic (exact) mass is 366 g/mol. The standard InChI is InChI=1S/C20H18N2O5/c1-24-18-10-14(2-5-16(18)25-9-8-21)4-7-20(23)22-12-15-3-6-17-19(11-15)27-13-26-17/h2-7,10-11H,9,12-13H2,1H3,(H,22,23)/b7-4+. The van der Waals surface area contributed by atoms with E-state index in [4.69, 9.17) is 24.2 Å². The Morgan fingerprint density at radius 1 is 1.22 bits per heavy atom. The average molecular weight is 366 g/mol. The summed E-state index contributed by atoms with van der Waals surface area (Å²) in [5.41, 5.74) is 1.69. The molecule has 7 nitrogen and oxygen atoms in total. The summed E-state index contributed by atoms with van der Waals surface area (Å²) in [5, 5.41) is 11.4. The summed E-state index contributed by atoms with van der Waals surface area (Å²) in [4.78, 5) is 12.0. The zero-order chi connectivity index (χ0) is 19.1. The molecule has 0 fully saturated rings. The Kier molecular flexibility index (Phi) is 5.80. The molecule has 1 aliphatic rings. The number of fused-ring (bicyclic) bond motifs is 1. The van der Waals surface area contributed by atoms with Crippen molar-refractivity contribution in [2.45, 2.75) is 6.54 Å². The van der Waals surface area contributed by atoms with Gasteiger partial charge in [0.05, 0.1) is 7.11 Å². The molecule has 1 N–H and O–H groups in total. The molecule has 0 saturated heterocycles. The number of hydrogen-bond acceptors (Lipinski definition) is 6. The largest absolute Gasteiger partial charge is 0.493 e. The number of nitrogens with one attached hydrogen (secondary N) is 1. The summed E-state index contributed by atoms with van der Waals surface area (Å²) in [7, 11) is 1.51. The Bertz CT molecular complexity index is 902. The van der Waals surface area contributed by atoms with E-state index in [2.05, 4.69) is 5.32 Å². The Balaban J connectivity index is 1.57. The molecular weight excluding hydrogens is 348 g/mol. The van der Waals surface area contributed by atoms with E-state index in [0.29, 0.717) is 29.5 Å². The number of benzene rings is 2. The summed E-state index contributed by atoms with van der Waals surface area (Å²) in [5.74, 6) is 2.14. The molecule has 0 bridgehead atoms. The minimum Gasteiger partial charge on any atom is -0.493 e. The molecule has 138 valence electrons. The van der Waals surface area contributed by atoms with Gasteiger partial charge in [-0.1, -0.05) is 12.1 Å². The van der Waals surface area contributed by atoms with Crippen LogP contribution in [-0.4, -0.2) is 26.4 Å². The minimum atomic E-state index is -0.226. The number of hydrogen-bond donors (Lipinski definition) is 1. The number of amides is 1. The van der Waals surface area contributed by atoms with Gasteiger partial charge < -0.3 is 24.3 Å². The lowest BCUT2D eigenvalue weighted by atomic mass is 10.2. The van der Waals surface area contributed by atoms with Crippen molar-refractivity contribution < 1.29 is 23.7 Å². The lowest BCUT2D eigenvalue weighted by Gasteiger charge is -2.08. The Morgan fingerprint density at radius 2 is 2.07 bits per heavy atom. The maximum Gasteiger partial charge on any atom is 0.244 e. The molecule has 0 radical (unpaired) electrons. The highest BCUT2D eigenvalue weighted by molar-refractivity contribution is 5.91. The first kappa shape index (κ1) is 18.1. The fourth-order valence-electron chi connectivity index (χ4n) is 2.49. The van der Waals surface area contributed by atoms with E-state index in [0.717, 1.165) is 11.1 Å². The number of rotatable bonds is 7. The Labute approximate surface area is 156 Å². The van der Waals surface area contributed by atoms with Gasteiger partial charge in [-0.3, -0.25) is 4.79 Å². The van der Waals surface area contributed by atoms with Crippen molar-refractivity contribution in [2.75, 3.05) is 20.5 Å². The van der Waals surface area contributed by atoms with Crippen LogP contribution < -0.4 is 24.3 Å². The van der Waals surface area contributed by atoms with Gasteiger partial charge in [0.1, 0.15) is 6.07 Å². The number of carbonyl (C=O) groups is 1. The van der Waals surface area contributed by atoms with Crippen LogP contribution in [0.5, 0.6) is 23.0 Å². The number of nitrogens with zero attached hydrogens (tertiary/aromatic N) is 1. The molecule has 1 amide bonds. The van der Waals surface area contributed by atoms with Crippen molar-refractivity contribution in [1.82, 2.24) is 5.32 Å². The molecular formula is C20H18N2O5. The summed E-state index contributed by atoms with van der Waals surface area (Å²) in [6.45, 7) is 0.537. The van der Waals surface area contributed by atoms with Crippen molar-refractivity contribution in [3.05, 3.63) is 53.6 Å². The zero-order valence-electron chi connectivity index (χ0n) is 14.7. The van der Waals surface area contributed by atoms with Crippen LogP contribution in [0.3, 0.4) is 0 Å². The molecule has 1 aliphatic heterocycles. The molecule has 0 atom stereocenters. The third-order valence-electron chi connectivity index (χ3n) is 3.81. The molecule has 0 unspecified atom stereocenters. The third kappa shape index (κ3) is 4.70. The molecule has 3 rings (SSSR count). The van der Waals surface area contributed by atoms with Crippen LogP contribution in [0.2, 0.25) is 0 Å². The normalized spacial score (nSPS) is 11.9. The number of ether oxygens (including phenoxy) is 4. The summed E-state index contributed by atoms with van der Waals surface area (Å²) in [6.07, 6.45) is 3.11. The Hall–Kier alpha value is -3.66. The second kappa shape index (κ2) is 8.63.